The molecule has 2 atom stereocenters. The molecule has 1 saturated heterocycles. The highest BCUT2D eigenvalue weighted by Crippen LogP contribution is 2.24. The minimum absolute atomic E-state index is 0.681. The molecule has 0 bridgehead atoms. The molecule has 0 amide bonds. The summed E-state index contributed by atoms with van der Waals surface area (Å²) in [4.78, 5) is 4.67. The van der Waals surface area contributed by atoms with Crippen LogP contribution in [-0.4, -0.2) is 22.8 Å². The third-order valence-electron chi connectivity index (χ3n) is 2.88. The minimum atomic E-state index is 0.681. The van der Waals surface area contributed by atoms with Gasteiger partial charge in [-0.25, -0.2) is 0 Å². The highest BCUT2D eigenvalue weighted by Gasteiger charge is 2.22. The van der Waals surface area contributed by atoms with Gasteiger partial charge in [0, 0.05) is 29.3 Å². The topological polar surface area (TPSA) is 3.24 Å². The number of hydrogen-bond donors (Lipinski definition) is 0. The second-order valence-corrected chi connectivity index (χ2v) is 7.11. The fourth-order valence-corrected chi connectivity index (χ4v) is 4.10. The van der Waals surface area contributed by atoms with E-state index in [1.807, 2.05) is 11.3 Å². The molecule has 1 fully saturated rings. The van der Waals surface area contributed by atoms with Gasteiger partial charge < -0.3 is 0 Å². The maximum absolute atomic E-state index is 3.75. The van der Waals surface area contributed by atoms with Crippen LogP contribution in [0.4, 0.5) is 0 Å². The number of halogens is 1. The molecule has 0 N–H and O–H groups in total. The van der Waals surface area contributed by atoms with Crippen LogP contribution in [0.3, 0.4) is 0 Å². The number of nitrogens with zero attached hydrogens (tertiary/aromatic N) is 1. The summed E-state index contributed by atoms with van der Waals surface area (Å²) in [5, 5.41) is 2.29. The predicted octanol–water partition coefficient (Wildman–Crippen LogP) is 3.66. The molecule has 1 aliphatic heterocycles. The van der Waals surface area contributed by atoms with E-state index >= 15 is 0 Å². The number of likely N-dealkylation sites (tertiary alicyclic amines) is 1. The second-order valence-electron chi connectivity index (χ2n) is 4.70. The van der Waals surface area contributed by atoms with E-state index in [0.29, 0.717) is 4.83 Å². The van der Waals surface area contributed by atoms with Gasteiger partial charge in [-0.05, 0) is 36.3 Å². The normalized spacial score (nSPS) is 28.2. The van der Waals surface area contributed by atoms with E-state index < -0.39 is 0 Å². The lowest BCUT2D eigenvalue weighted by Gasteiger charge is -2.33. The Morgan fingerprint density at radius 1 is 1.53 bits per heavy atom. The zero-order chi connectivity index (χ0) is 10.8. The molecule has 2 heterocycles. The van der Waals surface area contributed by atoms with Crippen LogP contribution in [0.1, 0.15) is 23.8 Å². The van der Waals surface area contributed by atoms with Gasteiger partial charge in [0.25, 0.3) is 0 Å². The van der Waals surface area contributed by atoms with Crippen molar-refractivity contribution in [2.75, 3.05) is 13.1 Å². The molecule has 0 aromatic carbocycles. The summed E-state index contributed by atoms with van der Waals surface area (Å²) in [5.74, 6) is 0.822. The molecular weight excluding hydrogens is 270 g/mol. The molecule has 1 aliphatic rings. The van der Waals surface area contributed by atoms with Gasteiger partial charge in [-0.15, -0.1) is 11.3 Å². The summed E-state index contributed by atoms with van der Waals surface area (Å²) in [6.45, 7) is 8.09. The number of hydrogen-bond acceptors (Lipinski definition) is 2. The first-order valence-electron chi connectivity index (χ1n) is 5.54. The Labute approximate surface area is 105 Å². The number of alkyl halides is 1. The van der Waals surface area contributed by atoms with Crippen molar-refractivity contribution in [2.45, 2.75) is 31.6 Å². The molecule has 0 saturated carbocycles. The highest BCUT2D eigenvalue weighted by atomic mass is 79.9. The van der Waals surface area contributed by atoms with Gasteiger partial charge in [0.2, 0.25) is 0 Å². The second kappa shape index (κ2) is 4.98. The average molecular weight is 288 g/mol. The molecule has 2 rings (SSSR count). The smallest absolute Gasteiger partial charge is 0.0276 e. The Bertz CT molecular complexity index is 313. The molecule has 0 aliphatic carbocycles. The van der Waals surface area contributed by atoms with Gasteiger partial charge in [-0.3, -0.25) is 4.90 Å². The molecule has 0 spiro atoms. The Kier molecular flexibility index (Phi) is 3.86. The van der Waals surface area contributed by atoms with Crippen molar-refractivity contribution in [3.05, 3.63) is 21.9 Å². The van der Waals surface area contributed by atoms with Crippen molar-refractivity contribution in [1.82, 2.24) is 4.90 Å². The zero-order valence-electron chi connectivity index (χ0n) is 9.37. The lowest BCUT2D eigenvalue weighted by molar-refractivity contribution is 0.184. The molecule has 3 heteroatoms. The van der Waals surface area contributed by atoms with E-state index in [2.05, 4.69) is 46.1 Å². The van der Waals surface area contributed by atoms with Crippen molar-refractivity contribution in [3.63, 3.8) is 0 Å². The number of thiophene rings is 1. The Balaban J connectivity index is 1.94. The third kappa shape index (κ3) is 3.30. The van der Waals surface area contributed by atoms with Crippen LogP contribution in [0.25, 0.3) is 0 Å². The highest BCUT2D eigenvalue weighted by molar-refractivity contribution is 9.09. The van der Waals surface area contributed by atoms with Crippen molar-refractivity contribution < 1.29 is 0 Å². The number of aryl methyl sites for hydroxylation is 1. The van der Waals surface area contributed by atoms with Gasteiger partial charge in [0.15, 0.2) is 0 Å². The van der Waals surface area contributed by atoms with Crippen molar-refractivity contribution in [1.29, 1.82) is 0 Å². The van der Waals surface area contributed by atoms with Crippen LogP contribution < -0.4 is 0 Å². The number of piperidine rings is 1. The standard InChI is InChI=1S/C12H18BrNS/c1-9-3-12(13)7-14(5-9)6-11-4-10(2)15-8-11/h4,8-9,12H,3,5-7H2,1-2H3. The molecule has 1 aromatic heterocycles. The van der Waals surface area contributed by atoms with Crippen LogP contribution in [0.2, 0.25) is 0 Å². The van der Waals surface area contributed by atoms with Gasteiger partial charge in [-0.1, -0.05) is 22.9 Å². The van der Waals surface area contributed by atoms with E-state index in [-0.39, 0.29) is 0 Å². The Morgan fingerprint density at radius 3 is 2.93 bits per heavy atom. The Morgan fingerprint density at radius 2 is 2.33 bits per heavy atom. The van der Waals surface area contributed by atoms with Crippen molar-refractivity contribution in [2.24, 2.45) is 5.92 Å². The lowest BCUT2D eigenvalue weighted by atomic mass is 10.00. The molecular formula is C12H18BrNS. The fourth-order valence-electron chi connectivity index (χ4n) is 2.35. The SMILES string of the molecule is Cc1cc(CN2CC(C)CC(Br)C2)cs1. The largest absolute Gasteiger partial charge is 0.298 e. The van der Waals surface area contributed by atoms with Crippen LogP contribution in [0.15, 0.2) is 11.4 Å². The van der Waals surface area contributed by atoms with Crippen LogP contribution in [-0.2, 0) is 6.54 Å². The summed E-state index contributed by atoms with van der Waals surface area (Å²) in [7, 11) is 0. The van der Waals surface area contributed by atoms with Crippen molar-refractivity contribution in [3.8, 4) is 0 Å². The van der Waals surface area contributed by atoms with Crippen LogP contribution >= 0.6 is 27.3 Å². The molecule has 1 nitrogen and oxygen atoms in total. The molecule has 15 heavy (non-hydrogen) atoms. The average Bonchev–Trinajstić information content (AvgIpc) is 2.49. The van der Waals surface area contributed by atoms with Crippen LogP contribution in [0.5, 0.6) is 0 Å². The summed E-state index contributed by atoms with van der Waals surface area (Å²) < 4.78 is 0. The van der Waals surface area contributed by atoms with Gasteiger partial charge >= 0.3 is 0 Å². The van der Waals surface area contributed by atoms with E-state index in [4.69, 9.17) is 0 Å². The predicted molar refractivity (Wildman–Crippen MR) is 70.8 cm³/mol. The zero-order valence-corrected chi connectivity index (χ0v) is 11.8. The van der Waals surface area contributed by atoms with Crippen molar-refractivity contribution >= 4 is 27.3 Å². The maximum atomic E-state index is 3.75. The molecule has 2 unspecified atom stereocenters. The molecule has 0 radical (unpaired) electrons. The van der Waals surface area contributed by atoms with Crippen LogP contribution in [0, 0.1) is 12.8 Å². The maximum Gasteiger partial charge on any atom is 0.0276 e. The fraction of sp³-hybridized carbons (Fsp3) is 0.667. The summed E-state index contributed by atoms with van der Waals surface area (Å²) in [6.07, 6.45) is 1.32. The van der Waals surface area contributed by atoms with Gasteiger partial charge in [0.1, 0.15) is 0 Å². The van der Waals surface area contributed by atoms with Gasteiger partial charge in [-0.2, -0.15) is 0 Å². The first-order chi connectivity index (χ1) is 7.13. The summed E-state index contributed by atoms with van der Waals surface area (Å²) in [6, 6.07) is 2.31. The quantitative estimate of drug-likeness (QED) is 0.751. The first-order valence-corrected chi connectivity index (χ1v) is 7.33. The third-order valence-corrected chi connectivity index (χ3v) is 4.45. The lowest BCUT2D eigenvalue weighted by Crippen LogP contribution is -2.39. The van der Waals surface area contributed by atoms with E-state index in [0.717, 1.165) is 12.5 Å². The Hall–Kier alpha value is 0.140. The monoisotopic (exact) mass is 287 g/mol. The van der Waals surface area contributed by atoms with E-state index in [9.17, 15) is 0 Å². The minimum Gasteiger partial charge on any atom is -0.298 e. The molecule has 1 aromatic rings. The molecule has 84 valence electrons. The summed E-state index contributed by atoms with van der Waals surface area (Å²) >= 11 is 5.60. The number of rotatable bonds is 2. The summed E-state index contributed by atoms with van der Waals surface area (Å²) in [5.41, 5.74) is 1.48. The first kappa shape index (κ1) is 11.6. The van der Waals surface area contributed by atoms with E-state index in [1.165, 1.54) is 30.0 Å². The van der Waals surface area contributed by atoms with E-state index in [1.54, 1.807) is 0 Å². The van der Waals surface area contributed by atoms with Gasteiger partial charge in [0.05, 0.1) is 0 Å².